The lowest BCUT2D eigenvalue weighted by Crippen LogP contribution is -2.23. The number of hydrogen-bond donors (Lipinski definition) is 0. The average Bonchev–Trinajstić information content (AvgIpc) is 3.68. The second kappa shape index (κ2) is 10.8. The molecule has 4 nitrogen and oxygen atoms in total. The first-order valence-electron chi connectivity index (χ1n) is 14.1. The van der Waals surface area contributed by atoms with E-state index >= 15 is 0 Å². The molecular formula is C35H39NO3. The highest BCUT2D eigenvalue weighted by Gasteiger charge is 2.52. The predicted octanol–water partition coefficient (Wildman–Crippen LogP) is 8.46. The first kappa shape index (κ1) is 26.9. The minimum Gasteiger partial charge on any atom is -0.465 e. The van der Waals surface area contributed by atoms with Crippen LogP contribution in [0.5, 0.6) is 0 Å². The summed E-state index contributed by atoms with van der Waals surface area (Å²) in [7, 11) is 0. The van der Waals surface area contributed by atoms with E-state index in [1.54, 1.807) is 0 Å². The highest BCUT2D eigenvalue weighted by atomic mass is 16.5. The van der Waals surface area contributed by atoms with E-state index in [0.29, 0.717) is 12.5 Å². The number of hydrogen-bond acceptors (Lipinski definition) is 4. The summed E-state index contributed by atoms with van der Waals surface area (Å²) in [6.07, 6.45) is 3.72. The van der Waals surface area contributed by atoms with Crippen LogP contribution in [-0.4, -0.2) is 17.7 Å². The number of aromatic nitrogens is 1. The Morgan fingerprint density at radius 1 is 0.949 bits per heavy atom. The van der Waals surface area contributed by atoms with Gasteiger partial charge in [-0.3, -0.25) is 4.79 Å². The molecule has 1 atom stereocenters. The smallest absolute Gasteiger partial charge is 0.316 e. The number of nitrogens with zero attached hydrogens (tertiary/aromatic N) is 1. The molecule has 1 fully saturated rings. The standard InChI is InChI=1S/C35H39NO3/c1-6-38-33(37)35(20-21-35)30-18-16-27(17-19-30)26-12-14-28(15-13-26)32-31(25(3)36-39-32)22-24(2)23-34(4,5)29-10-8-7-9-11-29/h7-19,24H,6,20-23H2,1-5H3. The minimum atomic E-state index is -0.438. The van der Waals surface area contributed by atoms with Gasteiger partial charge in [-0.1, -0.05) is 105 Å². The quantitative estimate of drug-likeness (QED) is 0.196. The van der Waals surface area contributed by atoms with E-state index in [1.165, 1.54) is 11.1 Å². The molecule has 0 spiro atoms. The topological polar surface area (TPSA) is 52.3 Å². The van der Waals surface area contributed by atoms with Crippen LogP contribution >= 0.6 is 0 Å². The molecule has 1 heterocycles. The van der Waals surface area contributed by atoms with E-state index in [9.17, 15) is 4.79 Å². The van der Waals surface area contributed by atoms with Crippen molar-refractivity contribution in [2.75, 3.05) is 6.61 Å². The molecule has 4 heteroatoms. The summed E-state index contributed by atoms with van der Waals surface area (Å²) < 4.78 is 11.2. The molecule has 3 aromatic carbocycles. The Morgan fingerprint density at radius 2 is 1.54 bits per heavy atom. The number of rotatable bonds is 10. The first-order chi connectivity index (χ1) is 18.7. The zero-order chi connectivity index (χ0) is 27.6. The summed E-state index contributed by atoms with van der Waals surface area (Å²) in [5, 5.41) is 4.33. The number of aryl methyl sites for hydroxylation is 1. The maximum Gasteiger partial charge on any atom is 0.316 e. The Morgan fingerprint density at radius 3 is 2.13 bits per heavy atom. The molecule has 0 amide bonds. The Hall–Kier alpha value is -3.66. The number of ether oxygens (including phenoxy) is 1. The lowest BCUT2D eigenvalue weighted by Gasteiger charge is -2.29. The van der Waals surface area contributed by atoms with Gasteiger partial charge in [0.2, 0.25) is 0 Å². The van der Waals surface area contributed by atoms with E-state index in [4.69, 9.17) is 9.26 Å². The Kier molecular flexibility index (Phi) is 7.48. The highest BCUT2D eigenvalue weighted by molar-refractivity contribution is 5.87. The first-order valence-corrected chi connectivity index (χ1v) is 14.1. The van der Waals surface area contributed by atoms with Gasteiger partial charge < -0.3 is 9.26 Å². The number of carbonyl (C=O) groups excluding carboxylic acids is 1. The molecule has 1 saturated carbocycles. The molecule has 39 heavy (non-hydrogen) atoms. The molecule has 0 radical (unpaired) electrons. The normalized spacial score (nSPS) is 15.1. The summed E-state index contributed by atoms with van der Waals surface area (Å²) in [6.45, 7) is 11.3. The van der Waals surface area contributed by atoms with Gasteiger partial charge in [0, 0.05) is 11.1 Å². The monoisotopic (exact) mass is 521 g/mol. The van der Waals surface area contributed by atoms with Gasteiger partial charge in [-0.25, -0.2) is 0 Å². The van der Waals surface area contributed by atoms with Crippen molar-refractivity contribution in [1.82, 2.24) is 5.16 Å². The predicted molar refractivity (Wildman–Crippen MR) is 157 cm³/mol. The molecule has 0 saturated heterocycles. The van der Waals surface area contributed by atoms with Crippen molar-refractivity contribution in [2.45, 2.75) is 71.1 Å². The highest BCUT2D eigenvalue weighted by Crippen LogP contribution is 2.49. The van der Waals surface area contributed by atoms with Crippen LogP contribution < -0.4 is 0 Å². The van der Waals surface area contributed by atoms with Crippen molar-refractivity contribution in [1.29, 1.82) is 0 Å². The fourth-order valence-electron chi connectivity index (χ4n) is 5.96. The fraction of sp³-hybridized carbons (Fsp3) is 0.371. The zero-order valence-electron chi connectivity index (χ0n) is 23.8. The molecule has 0 aliphatic heterocycles. The van der Waals surface area contributed by atoms with Crippen LogP contribution in [0.1, 0.15) is 69.3 Å². The van der Waals surface area contributed by atoms with E-state index in [1.807, 2.05) is 13.8 Å². The molecule has 1 aliphatic carbocycles. The van der Waals surface area contributed by atoms with Gasteiger partial charge in [0.15, 0.2) is 5.76 Å². The van der Waals surface area contributed by atoms with Crippen LogP contribution in [0.3, 0.4) is 0 Å². The molecular weight excluding hydrogens is 482 g/mol. The maximum absolute atomic E-state index is 12.4. The Labute approximate surface area is 232 Å². The van der Waals surface area contributed by atoms with Gasteiger partial charge in [-0.2, -0.15) is 0 Å². The van der Waals surface area contributed by atoms with E-state index in [-0.39, 0.29) is 11.4 Å². The zero-order valence-corrected chi connectivity index (χ0v) is 23.8. The van der Waals surface area contributed by atoms with Gasteiger partial charge in [0.1, 0.15) is 0 Å². The van der Waals surface area contributed by atoms with Crippen LogP contribution in [0, 0.1) is 12.8 Å². The van der Waals surface area contributed by atoms with Crippen molar-refractivity contribution >= 4 is 5.97 Å². The van der Waals surface area contributed by atoms with Gasteiger partial charge >= 0.3 is 5.97 Å². The second-order valence-corrected chi connectivity index (χ2v) is 11.8. The van der Waals surface area contributed by atoms with Crippen LogP contribution in [0.15, 0.2) is 83.4 Å². The molecule has 4 aromatic rings. The van der Waals surface area contributed by atoms with Gasteiger partial charge in [0.25, 0.3) is 0 Å². The Bertz CT molecular complexity index is 1410. The fourth-order valence-corrected chi connectivity index (χ4v) is 5.96. The van der Waals surface area contributed by atoms with Crippen LogP contribution in [0.2, 0.25) is 0 Å². The van der Waals surface area contributed by atoms with Gasteiger partial charge in [0.05, 0.1) is 17.7 Å². The van der Waals surface area contributed by atoms with E-state index in [0.717, 1.165) is 59.4 Å². The van der Waals surface area contributed by atoms with Crippen molar-refractivity contribution in [3.8, 4) is 22.5 Å². The summed E-state index contributed by atoms with van der Waals surface area (Å²) in [5.74, 6) is 1.24. The molecule has 5 rings (SSSR count). The third-order valence-corrected chi connectivity index (χ3v) is 8.29. The largest absolute Gasteiger partial charge is 0.465 e. The number of benzene rings is 3. The maximum atomic E-state index is 12.4. The molecule has 0 N–H and O–H groups in total. The lowest BCUT2D eigenvalue weighted by molar-refractivity contribution is -0.146. The van der Waals surface area contributed by atoms with Crippen molar-refractivity contribution in [3.63, 3.8) is 0 Å². The van der Waals surface area contributed by atoms with E-state index < -0.39 is 5.41 Å². The summed E-state index contributed by atoms with van der Waals surface area (Å²) in [5.41, 5.74) is 7.52. The average molecular weight is 522 g/mol. The van der Waals surface area contributed by atoms with Crippen molar-refractivity contribution in [2.24, 2.45) is 5.92 Å². The summed E-state index contributed by atoms with van der Waals surface area (Å²) >= 11 is 0. The molecule has 1 aromatic heterocycles. The third-order valence-electron chi connectivity index (χ3n) is 8.29. The third kappa shape index (κ3) is 5.56. The molecule has 1 aliphatic rings. The van der Waals surface area contributed by atoms with E-state index in [2.05, 4.69) is 105 Å². The SMILES string of the molecule is CCOC(=O)C1(c2ccc(-c3ccc(-c4onc(C)c4CC(C)CC(C)(C)c4ccccc4)cc3)cc2)CC1. The number of carbonyl (C=O) groups is 1. The van der Waals surface area contributed by atoms with Crippen molar-refractivity contribution < 1.29 is 14.1 Å². The summed E-state index contributed by atoms with van der Waals surface area (Å²) in [4.78, 5) is 12.4. The molecule has 202 valence electrons. The summed E-state index contributed by atoms with van der Waals surface area (Å²) in [6, 6.07) is 27.6. The van der Waals surface area contributed by atoms with Gasteiger partial charge in [-0.05, 0) is 73.1 Å². The van der Waals surface area contributed by atoms with Crippen LogP contribution in [-0.2, 0) is 26.8 Å². The van der Waals surface area contributed by atoms with Crippen molar-refractivity contribution in [3.05, 3.63) is 101 Å². The van der Waals surface area contributed by atoms with Gasteiger partial charge in [-0.15, -0.1) is 0 Å². The minimum absolute atomic E-state index is 0.0958. The molecule has 1 unspecified atom stereocenters. The van der Waals surface area contributed by atoms with Crippen LogP contribution in [0.4, 0.5) is 0 Å². The second-order valence-electron chi connectivity index (χ2n) is 11.8. The number of esters is 1. The van der Waals surface area contributed by atoms with Crippen LogP contribution in [0.25, 0.3) is 22.5 Å². The molecule has 0 bridgehead atoms. The Balaban J connectivity index is 1.30. The lowest BCUT2D eigenvalue weighted by atomic mass is 9.76.